The van der Waals surface area contributed by atoms with Gasteiger partial charge in [-0.3, -0.25) is 9.20 Å². The quantitative estimate of drug-likeness (QED) is 0.539. The molecule has 0 aromatic carbocycles. The van der Waals surface area contributed by atoms with E-state index in [-0.39, 0.29) is 22.1 Å². The summed E-state index contributed by atoms with van der Waals surface area (Å²) in [7, 11) is 0. The zero-order valence-electron chi connectivity index (χ0n) is 18.0. The van der Waals surface area contributed by atoms with E-state index >= 15 is 0 Å². The lowest BCUT2D eigenvalue weighted by Crippen LogP contribution is -2.36. The fraction of sp³-hybridized carbons (Fsp3) is 0.391. The molecule has 0 bridgehead atoms. The molecule has 1 spiro atoms. The highest BCUT2D eigenvalue weighted by Gasteiger charge is 2.44. The SMILES string of the molecule is C[C@@H](Nc1ccc(Cl)nc1C(=O)O)c1cc(F)cn2c(=O)cc(N3CCC4(CC3)CC4)nc12. The third-order valence-corrected chi connectivity index (χ3v) is 6.96. The van der Waals surface area contributed by atoms with Crippen LogP contribution in [0.15, 0.2) is 35.3 Å². The first-order valence-corrected chi connectivity index (χ1v) is 11.3. The van der Waals surface area contributed by atoms with E-state index in [0.29, 0.717) is 22.4 Å². The summed E-state index contributed by atoms with van der Waals surface area (Å²) in [6, 6.07) is 5.16. The van der Waals surface area contributed by atoms with Crippen molar-refractivity contribution in [1.29, 1.82) is 0 Å². The Balaban J connectivity index is 1.53. The van der Waals surface area contributed by atoms with Gasteiger partial charge in [0.1, 0.15) is 22.4 Å². The van der Waals surface area contributed by atoms with Gasteiger partial charge in [0, 0.05) is 30.9 Å². The number of rotatable bonds is 5. The molecule has 1 atom stereocenters. The number of anilines is 2. The predicted octanol–water partition coefficient (Wildman–Crippen LogP) is 4.13. The van der Waals surface area contributed by atoms with Crippen LogP contribution in [0.4, 0.5) is 15.9 Å². The Bertz CT molecular complexity index is 1310. The maximum absolute atomic E-state index is 14.4. The molecule has 3 aromatic rings. The lowest BCUT2D eigenvalue weighted by Gasteiger charge is -2.33. The van der Waals surface area contributed by atoms with Gasteiger partial charge in [-0.25, -0.2) is 19.2 Å². The van der Waals surface area contributed by atoms with Crippen LogP contribution < -0.4 is 15.8 Å². The fourth-order valence-corrected chi connectivity index (χ4v) is 4.72. The van der Waals surface area contributed by atoms with Gasteiger partial charge in [-0.05, 0) is 56.2 Å². The van der Waals surface area contributed by atoms with Crippen LogP contribution in [-0.2, 0) is 0 Å². The standard InChI is InChI=1S/C23H23ClFN5O3/c1-13(26-16-2-3-17(24)27-20(16)22(32)33)15-10-14(25)12-30-19(31)11-18(28-21(15)30)29-8-6-23(4-5-23)7-9-29/h2-3,10-13,26H,4-9H2,1H3,(H,32,33)/t13-/m1/s1. The van der Waals surface area contributed by atoms with Crippen LogP contribution in [0.1, 0.15) is 54.7 Å². The summed E-state index contributed by atoms with van der Waals surface area (Å²) < 4.78 is 15.6. The summed E-state index contributed by atoms with van der Waals surface area (Å²) in [4.78, 5) is 35.1. The van der Waals surface area contributed by atoms with E-state index < -0.39 is 17.8 Å². The summed E-state index contributed by atoms with van der Waals surface area (Å²) in [5.41, 5.74) is 0.854. The smallest absolute Gasteiger partial charge is 0.356 e. The van der Waals surface area contributed by atoms with Crippen LogP contribution in [0.5, 0.6) is 0 Å². The number of piperidine rings is 1. The summed E-state index contributed by atoms with van der Waals surface area (Å²) in [5.74, 6) is -1.26. The number of aromatic carboxylic acids is 1. The Morgan fingerprint density at radius 2 is 1.94 bits per heavy atom. The zero-order chi connectivity index (χ0) is 23.3. The van der Waals surface area contributed by atoms with Crippen LogP contribution in [0, 0.1) is 11.2 Å². The number of fused-ring (bicyclic) bond motifs is 1. The fourth-order valence-electron chi connectivity index (χ4n) is 4.57. The van der Waals surface area contributed by atoms with Crippen molar-refractivity contribution >= 4 is 34.7 Å². The van der Waals surface area contributed by atoms with Gasteiger partial charge in [-0.15, -0.1) is 0 Å². The Morgan fingerprint density at radius 3 is 2.61 bits per heavy atom. The molecule has 1 aliphatic carbocycles. The number of halogens is 2. The average Bonchev–Trinajstić information content (AvgIpc) is 3.54. The van der Waals surface area contributed by atoms with Crippen molar-refractivity contribution < 1.29 is 14.3 Å². The number of carbonyl (C=O) groups is 1. The van der Waals surface area contributed by atoms with Crippen molar-refractivity contribution in [3.8, 4) is 0 Å². The molecule has 0 amide bonds. The molecule has 172 valence electrons. The number of pyridine rings is 2. The molecule has 1 saturated carbocycles. The molecule has 2 aliphatic rings. The monoisotopic (exact) mass is 471 g/mol. The Labute approximate surface area is 194 Å². The second kappa shape index (κ2) is 7.98. The number of nitrogens with one attached hydrogen (secondary N) is 1. The van der Waals surface area contributed by atoms with E-state index in [9.17, 15) is 19.1 Å². The third kappa shape index (κ3) is 4.13. The third-order valence-electron chi connectivity index (χ3n) is 6.75. The molecule has 8 nitrogen and oxygen atoms in total. The van der Waals surface area contributed by atoms with E-state index in [1.54, 1.807) is 6.92 Å². The lowest BCUT2D eigenvalue weighted by molar-refractivity contribution is 0.0691. The van der Waals surface area contributed by atoms with Gasteiger partial charge >= 0.3 is 5.97 Å². The Morgan fingerprint density at radius 1 is 1.21 bits per heavy atom. The number of hydrogen-bond donors (Lipinski definition) is 2. The molecule has 1 saturated heterocycles. The second-order valence-electron chi connectivity index (χ2n) is 8.95. The van der Waals surface area contributed by atoms with E-state index in [0.717, 1.165) is 32.1 Å². The summed E-state index contributed by atoms with van der Waals surface area (Å²) in [6.45, 7) is 3.42. The highest BCUT2D eigenvalue weighted by molar-refractivity contribution is 6.29. The first-order valence-electron chi connectivity index (χ1n) is 10.9. The molecule has 0 unspecified atom stereocenters. The zero-order valence-corrected chi connectivity index (χ0v) is 18.8. The van der Waals surface area contributed by atoms with Gasteiger partial charge in [-0.1, -0.05) is 11.6 Å². The minimum absolute atomic E-state index is 0.0502. The second-order valence-corrected chi connectivity index (χ2v) is 9.34. The number of carboxylic acid groups (broad SMARTS) is 1. The Kier molecular flexibility index (Phi) is 5.23. The number of aromatic nitrogens is 3. The van der Waals surface area contributed by atoms with Crippen molar-refractivity contribution in [3.63, 3.8) is 0 Å². The summed E-state index contributed by atoms with van der Waals surface area (Å²) in [6.07, 6.45) is 5.85. The van der Waals surface area contributed by atoms with Crippen LogP contribution >= 0.6 is 11.6 Å². The van der Waals surface area contributed by atoms with Crippen molar-refractivity contribution in [1.82, 2.24) is 14.4 Å². The van der Waals surface area contributed by atoms with Crippen molar-refractivity contribution in [2.75, 3.05) is 23.3 Å². The van der Waals surface area contributed by atoms with Crippen LogP contribution in [0.25, 0.3) is 5.65 Å². The molecule has 0 radical (unpaired) electrons. The van der Waals surface area contributed by atoms with Crippen LogP contribution in [0.2, 0.25) is 5.15 Å². The molecular weight excluding hydrogens is 449 g/mol. The number of nitrogens with zero attached hydrogens (tertiary/aromatic N) is 4. The van der Waals surface area contributed by atoms with Crippen molar-refractivity contribution in [3.05, 3.63) is 63.0 Å². The van der Waals surface area contributed by atoms with E-state index in [1.165, 1.54) is 41.5 Å². The summed E-state index contributed by atoms with van der Waals surface area (Å²) >= 11 is 5.84. The largest absolute Gasteiger partial charge is 0.476 e. The van der Waals surface area contributed by atoms with E-state index in [2.05, 4.69) is 15.2 Å². The van der Waals surface area contributed by atoms with Crippen LogP contribution in [0.3, 0.4) is 0 Å². The van der Waals surface area contributed by atoms with Crippen molar-refractivity contribution in [2.24, 2.45) is 5.41 Å². The molecule has 4 heterocycles. The predicted molar refractivity (Wildman–Crippen MR) is 123 cm³/mol. The molecule has 2 N–H and O–H groups in total. The number of hydrogen-bond acceptors (Lipinski definition) is 6. The first-order chi connectivity index (χ1) is 15.7. The molecule has 33 heavy (non-hydrogen) atoms. The topological polar surface area (TPSA) is 99.8 Å². The molecule has 2 fully saturated rings. The van der Waals surface area contributed by atoms with Gasteiger partial charge in [-0.2, -0.15) is 0 Å². The summed E-state index contributed by atoms with van der Waals surface area (Å²) in [5, 5.41) is 12.6. The normalized spacial score (nSPS) is 17.8. The van der Waals surface area contributed by atoms with Crippen molar-refractivity contribution in [2.45, 2.75) is 38.6 Å². The first kappa shape index (κ1) is 21.6. The minimum Gasteiger partial charge on any atom is -0.476 e. The maximum atomic E-state index is 14.4. The minimum atomic E-state index is -1.24. The molecule has 3 aromatic heterocycles. The van der Waals surface area contributed by atoms with Gasteiger partial charge in [0.05, 0.1) is 11.7 Å². The molecular formula is C23H23ClFN5O3. The highest BCUT2D eigenvalue weighted by atomic mass is 35.5. The van der Waals surface area contributed by atoms with Gasteiger partial charge in [0.2, 0.25) is 0 Å². The Hall–Kier alpha value is -3.20. The molecule has 10 heteroatoms. The molecule has 1 aliphatic heterocycles. The average molecular weight is 472 g/mol. The maximum Gasteiger partial charge on any atom is 0.356 e. The van der Waals surface area contributed by atoms with E-state index in [4.69, 9.17) is 16.6 Å². The lowest BCUT2D eigenvalue weighted by atomic mass is 9.94. The van der Waals surface area contributed by atoms with E-state index in [1.807, 2.05) is 0 Å². The van der Waals surface area contributed by atoms with Gasteiger partial charge in [0.15, 0.2) is 5.69 Å². The van der Waals surface area contributed by atoms with Gasteiger partial charge < -0.3 is 15.3 Å². The number of carboxylic acids is 1. The molecule has 5 rings (SSSR count). The highest BCUT2D eigenvalue weighted by Crippen LogP contribution is 2.53. The van der Waals surface area contributed by atoms with Crippen LogP contribution in [-0.4, -0.2) is 38.5 Å². The van der Waals surface area contributed by atoms with Gasteiger partial charge in [0.25, 0.3) is 5.56 Å².